The predicted molar refractivity (Wildman–Crippen MR) is 109 cm³/mol. The minimum Gasteiger partial charge on any atom is -0.467 e. The average molecular weight is 515 g/mol. The number of pyridine rings is 1. The van der Waals surface area contributed by atoms with Crippen molar-refractivity contribution in [3.05, 3.63) is 62.8 Å². The van der Waals surface area contributed by atoms with Crippen molar-refractivity contribution in [1.82, 2.24) is 14.8 Å². The van der Waals surface area contributed by atoms with Crippen molar-refractivity contribution in [3.63, 3.8) is 0 Å². The number of anilines is 1. The van der Waals surface area contributed by atoms with Crippen LogP contribution in [-0.4, -0.2) is 33.5 Å². The molecule has 0 aliphatic heterocycles. The van der Waals surface area contributed by atoms with E-state index in [9.17, 15) is 23.2 Å². The highest BCUT2D eigenvalue weighted by Gasteiger charge is 2.30. The maximum absolute atomic E-state index is 13.0. The molecule has 1 aromatic carbocycles. The Morgan fingerprint density at radius 2 is 2.13 bits per heavy atom. The lowest BCUT2D eigenvalue weighted by Gasteiger charge is -2.12. The Bertz CT molecular complexity index is 1190. The first kappa shape index (κ1) is 22.6. The van der Waals surface area contributed by atoms with Gasteiger partial charge in [0.25, 0.3) is 5.91 Å². The van der Waals surface area contributed by atoms with Crippen molar-refractivity contribution in [1.29, 1.82) is 5.26 Å². The van der Waals surface area contributed by atoms with E-state index in [0.717, 1.165) is 10.7 Å². The van der Waals surface area contributed by atoms with E-state index in [1.54, 1.807) is 19.1 Å². The van der Waals surface area contributed by atoms with Gasteiger partial charge in [-0.2, -0.15) is 18.4 Å². The number of halogens is 5. The number of aromatic nitrogens is 3. The van der Waals surface area contributed by atoms with Gasteiger partial charge in [0.05, 0.1) is 16.3 Å². The van der Waals surface area contributed by atoms with Crippen LogP contribution in [0.15, 0.2) is 41.0 Å². The lowest BCUT2D eigenvalue weighted by atomic mass is 10.1. The molecular weight excluding hydrogens is 503 g/mol. The average Bonchev–Trinajstić information content (AvgIpc) is 3.12. The van der Waals surface area contributed by atoms with E-state index in [4.69, 9.17) is 11.6 Å². The smallest absolute Gasteiger partial charge is 0.422 e. The van der Waals surface area contributed by atoms with Crippen LogP contribution in [0.1, 0.15) is 21.6 Å². The van der Waals surface area contributed by atoms with Crippen LogP contribution in [0.2, 0.25) is 5.02 Å². The Morgan fingerprint density at radius 1 is 1.39 bits per heavy atom. The second-order valence-corrected chi connectivity index (χ2v) is 7.53. The zero-order valence-corrected chi connectivity index (χ0v) is 18.0. The summed E-state index contributed by atoms with van der Waals surface area (Å²) in [5.74, 6) is -1.18. The first-order valence-electron chi connectivity index (χ1n) is 8.51. The quantitative estimate of drug-likeness (QED) is 0.514. The second-order valence-electron chi connectivity index (χ2n) is 6.20. The zero-order chi connectivity index (χ0) is 22.8. The van der Waals surface area contributed by atoms with E-state index in [-0.39, 0.29) is 27.8 Å². The highest BCUT2D eigenvalue weighted by Crippen LogP contribution is 2.28. The van der Waals surface area contributed by atoms with Crippen LogP contribution in [0.5, 0.6) is 5.88 Å². The standard InChI is InChI=1S/C19H12BrClF3N5O2/c1-10-5-12(20)6-11(8-25)16(10)27-18(30)14-7-15(31-9-19(22,23)24)28-29(14)17-13(21)3-2-4-26-17/h2-7H,9H2,1H3,(H,27,30). The number of hydrogen-bond donors (Lipinski definition) is 1. The summed E-state index contributed by atoms with van der Waals surface area (Å²) in [6.07, 6.45) is -3.21. The van der Waals surface area contributed by atoms with Gasteiger partial charge in [-0.05, 0) is 36.8 Å². The Kier molecular flexibility index (Phi) is 6.52. The van der Waals surface area contributed by atoms with Crippen molar-refractivity contribution >= 4 is 39.1 Å². The summed E-state index contributed by atoms with van der Waals surface area (Å²) in [6.45, 7) is 0.0947. The van der Waals surface area contributed by atoms with Crippen LogP contribution in [0.3, 0.4) is 0 Å². The molecule has 160 valence electrons. The molecule has 1 N–H and O–H groups in total. The number of nitriles is 1. The van der Waals surface area contributed by atoms with Crippen LogP contribution < -0.4 is 10.1 Å². The zero-order valence-electron chi connectivity index (χ0n) is 15.7. The lowest BCUT2D eigenvalue weighted by molar-refractivity contribution is -0.154. The molecule has 0 fully saturated rings. The summed E-state index contributed by atoms with van der Waals surface area (Å²) >= 11 is 9.40. The molecule has 3 rings (SSSR count). The van der Waals surface area contributed by atoms with Gasteiger partial charge in [-0.3, -0.25) is 4.79 Å². The molecule has 0 saturated carbocycles. The SMILES string of the molecule is Cc1cc(Br)cc(C#N)c1NC(=O)c1cc(OCC(F)(F)F)nn1-c1ncccc1Cl. The van der Waals surface area contributed by atoms with Gasteiger partial charge in [-0.1, -0.05) is 27.5 Å². The van der Waals surface area contributed by atoms with Crippen molar-refractivity contribution in [2.75, 3.05) is 11.9 Å². The van der Waals surface area contributed by atoms with Gasteiger partial charge >= 0.3 is 6.18 Å². The third-order valence-corrected chi connectivity index (χ3v) is 4.66. The maximum Gasteiger partial charge on any atom is 0.422 e. The van der Waals surface area contributed by atoms with Gasteiger partial charge < -0.3 is 10.1 Å². The molecule has 0 spiro atoms. The first-order valence-corrected chi connectivity index (χ1v) is 9.68. The van der Waals surface area contributed by atoms with Gasteiger partial charge in [0.1, 0.15) is 11.8 Å². The monoisotopic (exact) mass is 513 g/mol. The fourth-order valence-corrected chi connectivity index (χ4v) is 3.39. The number of benzene rings is 1. The summed E-state index contributed by atoms with van der Waals surface area (Å²) in [5.41, 5.74) is 0.836. The highest BCUT2D eigenvalue weighted by atomic mass is 79.9. The first-order chi connectivity index (χ1) is 14.6. The molecule has 0 atom stereocenters. The number of nitrogens with zero attached hydrogens (tertiary/aromatic N) is 4. The maximum atomic E-state index is 13.0. The third kappa shape index (κ3) is 5.34. The third-order valence-electron chi connectivity index (χ3n) is 3.90. The Hall–Kier alpha value is -3.10. The van der Waals surface area contributed by atoms with Gasteiger partial charge in [0.15, 0.2) is 12.4 Å². The number of carbonyl (C=O) groups excluding carboxylic acids is 1. The van der Waals surface area contributed by atoms with E-state index in [1.807, 2.05) is 6.07 Å². The second kappa shape index (κ2) is 8.95. The van der Waals surface area contributed by atoms with Gasteiger partial charge in [0, 0.05) is 16.7 Å². The topological polar surface area (TPSA) is 92.8 Å². The molecule has 0 unspecified atom stereocenters. The van der Waals surface area contributed by atoms with Crippen LogP contribution in [0, 0.1) is 18.3 Å². The van der Waals surface area contributed by atoms with Gasteiger partial charge in [-0.25, -0.2) is 9.67 Å². The lowest BCUT2D eigenvalue weighted by Crippen LogP contribution is -2.19. The van der Waals surface area contributed by atoms with Crippen molar-refractivity contribution in [3.8, 4) is 17.8 Å². The van der Waals surface area contributed by atoms with Gasteiger partial charge in [-0.15, -0.1) is 5.10 Å². The number of ether oxygens (including phenoxy) is 1. The summed E-state index contributed by atoms with van der Waals surface area (Å²) in [4.78, 5) is 17.0. The molecule has 0 saturated heterocycles. The normalized spacial score (nSPS) is 11.1. The Balaban J connectivity index is 2.03. The van der Waals surface area contributed by atoms with E-state index in [0.29, 0.717) is 10.0 Å². The Morgan fingerprint density at radius 3 is 2.77 bits per heavy atom. The van der Waals surface area contributed by atoms with E-state index in [1.165, 1.54) is 18.3 Å². The summed E-state index contributed by atoms with van der Waals surface area (Å²) in [7, 11) is 0. The molecule has 3 aromatic rings. The van der Waals surface area contributed by atoms with Crippen LogP contribution in [0.4, 0.5) is 18.9 Å². The van der Waals surface area contributed by atoms with E-state index >= 15 is 0 Å². The minimum absolute atomic E-state index is 0.0178. The number of aryl methyl sites for hydroxylation is 1. The minimum atomic E-state index is -4.59. The fraction of sp³-hybridized carbons (Fsp3) is 0.158. The van der Waals surface area contributed by atoms with Crippen LogP contribution >= 0.6 is 27.5 Å². The van der Waals surface area contributed by atoms with Gasteiger partial charge in [0.2, 0.25) is 5.88 Å². The molecule has 31 heavy (non-hydrogen) atoms. The molecule has 0 aliphatic rings. The molecule has 0 radical (unpaired) electrons. The van der Waals surface area contributed by atoms with Crippen LogP contribution in [-0.2, 0) is 0 Å². The largest absolute Gasteiger partial charge is 0.467 e. The van der Waals surface area contributed by atoms with Crippen molar-refractivity contribution in [2.45, 2.75) is 13.1 Å². The Labute approximate surface area is 187 Å². The molecule has 12 heteroatoms. The molecular formula is C19H12BrClF3N5O2. The predicted octanol–water partition coefficient (Wildman–Crippen LogP) is 5.06. The van der Waals surface area contributed by atoms with Crippen LogP contribution in [0.25, 0.3) is 5.82 Å². The molecule has 2 aromatic heterocycles. The summed E-state index contributed by atoms with van der Waals surface area (Å²) in [6, 6.07) is 9.26. The number of amides is 1. The molecule has 0 bridgehead atoms. The van der Waals surface area contributed by atoms with Crippen molar-refractivity contribution < 1.29 is 22.7 Å². The number of nitrogens with one attached hydrogen (secondary N) is 1. The number of rotatable bonds is 5. The van der Waals surface area contributed by atoms with E-state index < -0.39 is 24.6 Å². The van der Waals surface area contributed by atoms with Crippen molar-refractivity contribution in [2.24, 2.45) is 0 Å². The number of carbonyl (C=O) groups is 1. The summed E-state index contributed by atoms with van der Waals surface area (Å²) in [5, 5.41) is 16.0. The summed E-state index contributed by atoms with van der Waals surface area (Å²) < 4.78 is 43.9. The number of alkyl halides is 3. The fourth-order valence-electron chi connectivity index (χ4n) is 2.62. The molecule has 1 amide bonds. The molecule has 2 heterocycles. The molecule has 7 nitrogen and oxygen atoms in total. The van der Waals surface area contributed by atoms with E-state index in [2.05, 4.69) is 36.1 Å². The molecule has 0 aliphatic carbocycles. The highest BCUT2D eigenvalue weighted by molar-refractivity contribution is 9.10. The number of hydrogen-bond acceptors (Lipinski definition) is 5.